The molecule has 0 bridgehead atoms. The summed E-state index contributed by atoms with van der Waals surface area (Å²) in [4.78, 5) is 12.5. The highest BCUT2D eigenvalue weighted by Gasteiger charge is 2.26. The highest BCUT2D eigenvalue weighted by molar-refractivity contribution is 6.31. The molecule has 0 aromatic carbocycles. The average molecular weight is 360 g/mol. The summed E-state index contributed by atoms with van der Waals surface area (Å²) >= 11 is 5.88. The van der Waals surface area contributed by atoms with Crippen LogP contribution in [-0.4, -0.2) is 25.5 Å². The van der Waals surface area contributed by atoms with Crippen LogP contribution in [-0.2, 0) is 11.8 Å². The molecule has 132 valence electrons. The van der Waals surface area contributed by atoms with Crippen molar-refractivity contribution in [1.29, 1.82) is 0 Å². The smallest absolute Gasteiger partial charge is 0.283 e. The number of aromatic nitrogens is 4. The van der Waals surface area contributed by atoms with Gasteiger partial charge in [0.15, 0.2) is 0 Å². The van der Waals surface area contributed by atoms with Crippen LogP contribution in [0.4, 0.5) is 8.78 Å². The number of carbonyl (C=O) groups excluding carboxylic acids is 1. The molecule has 2 atom stereocenters. The van der Waals surface area contributed by atoms with E-state index < -0.39 is 18.2 Å². The molecule has 24 heavy (non-hydrogen) atoms. The molecule has 0 saturated heterocycles. The van der Waals surface area contributed by atoms with E-state index in [0.717, 1.165) is 11.3 Å². The van der Waals surface area contributed by atoms with Gasteiger partial charge in [0.1, 0.15) is 11.7 Å². The number of aryl methyl sites for hydroxylation is 1. The van der Waals surface area contributed by atoms with Gasteiger partial charge in [-0.25, -0.2) is 8.78 Å². The number of alkyl halides is 2. The molecule has 2 heterocycles. The summed E-state index contributed by atoms with van der Waals surface area (Å²) in [6.45, 7) is 6.88. The van der Waals surface area contributed by atoms with E-state index in [4.69, 9.17) is 11.6 Å². The van der Waals surface area contributed by atoms with Gasteiger partial charge in [-0.2, -0.15) is 10.2 Å². The summed E-state index contributed by atoms with van der Waals surface area (Å²) in [5.74, 6) is -0.339. The number of rotatable bonds is 5. The Morgan fingerprint density at radius 1 is 1.29 bits per heavy atom. The first-order valence-corrected chi connectivity index (χ1v) is 7.84. The number of hydrogen-bond acceptors (Lipinski definition) is 3. The van der Waals surface area contributed by atoms with Crippen molar-refractivity contribution in [2.75, 3.05) is 0 Å². The Morgan fingerprint density at radius 3 is 2.38 bits per heavy atom. The highest BCUT2D eigenvalue weighted by atomic mass is 35.5. The maximum absolute atomic E-state index is 12.9. The summed E-state index contributed by atoms with van der Waals surface area (Å²) in [5, 5.41) is 10.7. The first-order chi connectivity index (χ1) is 11.1. The van der Waals surface area contributed by atoms with Crippen molar-refractivity contribution in [3.63, 3.8) is 0 Å². The molecule has 0 radical (unpaired) electrons. The molecule has 0 fully saturated rings. The Bertz CT molecular complexity index is 755. The van der Waals surface area contributed by atoms with Gasteiger partial charge >= 0.3 is 0 Å². The summed E-state index contributed by atoms with van der Waals surface area (Å²) in [7, 11) is 1.82. The molecule has 2 aromatic rings. The number of nitrogens with one attached hydrogen (secondary N) is 1. The average Bonchev–Trinajstić information content (AvgIpc) is 3.00. The topological polar surface area (TPSA) is 64.7 Å². The van der Waals surface area contributed by atoms with Crippen LogP contribution in [0.1, 0.15) is 55.0 Å². The first kappa shape index (κ1) is 18.4. The molecule has 6 nitrogen and oxygen atoms in total. The molecule has 0 unspecified atom stereocenters. The molecule has 2 aromatic heterocycles. The predicted octanol–water partition coefficient (Wildman–Crippen LogP) is 3.26. The van der Waals surface area contributed by atoms with Crippen molar-refractivity contribution in [2.24, 2.45) is 7.05 Å². The zero-order valence-corrected chi connectivity index (χ0v) is 14.9. The van der Waals surface area contributed by atoms with Crippen LogP contribution in [0.5, 0.6) is 0 Å². The van der Waals surface area contributed by atoms with Crippen molar-refractivity contribution in [3.8, 4) is 0 Å². The van der Waals surface area contributed by atoms with E-state index in [0.29, 0.717) is 5.69 Å². The third-order valence-electron chi connectivity index (χ3n) is 4.15. The van der Waals surface area contributed by atoms with Crippen LogP contribution in [0.3, 0.4) is 0 Å². The van der Waals surface area contributed by atoms with Crippen molar-refractivity contribution in [1.82, 2.24) is 24.9 Å². The maximum atomic E-state index is 12.9. The van der Waals surface area contributed by atoms with E-state index in [1.165, 1.54) is 4.68 Å². The van der Waals surface area contributed by atoms with Gasteiger partial charge in [-0.15, -0.1) is 0 Å². The Hall–Kier alpha value is -1.96. The van der Waals surface area contributed by atoms with Crippen molar-refractivity contribution >= 4 is 17.5 Å². The summed E-state index contributed by atoms with van der Waals surface area (Å²) < 4.78 is 28.7. The number of amides is 1. The van der Waals surface area contributed by atoms with Gasteiger partial charge < -0.3 is 5.32 Å². The van der Waals surface area contributed by atoms with E-state index in [1.54, 1.807) is 24.7 Å². The van der Waals surface area contributed by atoms with Crippen LogP contribution in [0.2, 0.25) is 5.02 Å². The van der Waals surface area contributed by atoms with E-state index >= 15 is 0 Å². The molecule has 1 N–H and O–H groups in total. The van der Waals surface area contributed by atoms with Gasteiger partial charge in [-0.1, -0.05) is 11.6 Å². The molecule has 1 amide bonds. The minimum absolute atomic E-state index is 0.110. The molecule has 0 spiro atoms. The molecular weight excluding hydrogens is 340 g/mol. The molecule has 0 aliphatic carbocycles. The van der Waals surface area contributed by atoms with Gasteiger partial charge in [-0.05, 0) is 27.7 Å². The lowest BCUT2D eigenvalue weighted by molar-refractivity contribution is -0.124. The standard InChI is InChI=1S/C15H20ClF2N5O/c1-7(11-6-19-22(5)8(11)2)20-15(24)10(4)23-9(3)12(16)13(21-23)14(17)18/h6-7,10,14H,1-5H3,(H,20,24)/t7-,10-/m1/s1. The van der Waals surface area contributed by atoms with Crippen LogP contribution in [0, 0.1) is 13.8 Å². The summed E-state index contributed by atoms with van der Waals surface area (Å²) in [6, 6.07) is -1.04. The van der Waals surface area contributed by atoms with Gasteiger partial charge in [-0.3, -0.25) is 14.2 Å². The molecular formula is C15H20ClF2N5O. The highest BCUT2D eigenvalue weighted by Crippen LogP contribution is 2.30. The lowest BCUT2D eigenvalue weighted by Gasteiger charge is -2.19. The van der Waals surface area contributed by atoms with Crippen LogP contribution >= 0.6 is 11.6 Å². The van der Waals surface area contributed by atoms with Crippen LogP contribution in [0.15, 0.2) is 6.20 Å². The Balaban J connectivity index is 2.18. The second-order valence-electron chi connectivity index (χ2n) is 5.75. The van der Waals surface area contributed by atoms with Crippen LogP contribution < -0.4 is 5.32 Å². The summed E-state index contributed by atoms with van der Waals surface area (Å²) in [5.41, 5.74) is 1.65. The lowest BCUT2D eigenvalue weighted by atomic mass is 10.1. The van der Waals surface area contributed by atoms with E-state index in [-0.39, 0.29) is 17.0 Å². The molecule has 0 saturated carbocycles. The zero-order valence-electron chi connectivity index (χ0n) is 14.1. The number of halogens is 3. The van der Waals surface area contributed by atoms with E-state index in [2.05, 4.69) is 15.5 Å². The minimum atomic E-state index is -2.79. The van der Waals surface area contributed by atoms with Gasteiger partial charge in [0.05, 0.1) is 23.0 Å². The second kappa shape index (κ2) is 6.88. The molecule has 0 aliphatic heterocycles. The summed E-state index contributed by atoms with van der Waals surface area (Å²) in [6.07, 6.45) is -1.10. The quantitative estimate of drug-likeness (QED) is 0.891. The van der Waals surface area contributed by atoms with E-state index in [1.807, 2.05) is 20.9 Å². The monoisotopic (exact) mass is 359 g/mol. The fourth-order valence-corrected chi connectivity index (χ4v) is 2.71. The Labute approximate surface area is 143 Å². The maximum Gasteiger partial charge on any atom is 0.283 e. The van der Waals surface area contributed by atoms with Gasteiger partial charge in [0.25, 0.3) is 6.43 Å². The Kier molecular flexibility index (Phi) is 5.27. The fourth-order valence-electron chi connectivity index (χ4n) is 2.50. The number of hydrogen-bond donors (Lipinski definition) is 1. The van der Waals surface area contributed by atoms with Crippen LogP contribution in [0.25, 0.3) is 0 Å². The van der Waals surface area contributed by atoms with Crippen molar-refractivity contribution in [2.45, 2.75) is 46.2 Å². The second-order valence-corrected chi connectivity index (χ2v) is 6.12. The van der Waals surface area contributed by atoms with Crippen molar-refractivity contribution in [3.05, 3.63) is 33.9 Å². The zero-order chi connectivity index (χ0) is 18.2. The third kappa shape index (κ3) is 3.28. The SMILES string of the molecule is Cc1c([C@@H](C)NC(=O)[C@@H](C)n2nc(C(F)F)c(Cl)c2C)cnn1C. The third-order valence-corrected chi connectivity index (χ3v) is 4.62. The van der Waals surface area contributed by atoms with Crippen molar-refractivity contribution < 1.29 is 13.6 Å². The lowest BCUT2D eigenvalue weighted by Crippen LogP contribution is -2.34. The largest absolute Gasteiger partial charge is 0.348 e. The van der Waals surface area contributed by atoms with E-state index in [9.17, 15) is 13.6 Å². The normalized spacial score (nSPS) is 14.0. The minimum Gasteiger partial charge on any atom is -0.348 e. The first-order valence-electron chi connectivity index (χ1n) is 7.46. The Morgan fingerprint density at radius 2 is 1.92 bits per heavy atom. The molecule has 9 heteroatoms. The molecule has 2 rings (SSSR count). The van der Waals surface area contributed by atoms with Gasteiger partial charge in [0.2, 0.25) is 5.91 Å². The molecule has 0 aliphatic rings. The number of carbonyl (C=O) groups is 1. The fraction of sp³-hybridized carbons (Fsp3) is 0.533. The predicted molar refractivity (Wildman–Crippen MR) is 86.1 cm³/mol. The van der Waals surface area contributed by atoms with Gasteiger partial charge in [0, 0.05) is 18.3 Å². The number of nitrogens with zero attached hydrogens (tertiary/aromatic N) is 4.